The molecule has 1 aliphatic heterocycles. The van der Waals surface area contributed by atoms with Crippen LogP contribution in [0.5, 0.6) is 0 Å². The highest BCUT2D eigenvalue weighted by Crippen LogP contribution is 2.22. The maximum absolute atomic E-state index is 13.1. The van der Waals surface area contributed by atoms with E-state index in [4.69, 9.17) is 0 Å². The van der Waals surface area contributed by atoms with E-state index in [2.05, 4.69) is 4.57 Å². The lowest BCUT2D eigenvalue weighted by Crippen LogP contribution is -2.49. The molecule has 168 valence electrons. The number of benzene rings is 2. The van der Waals surface area contributed by atoms with Crippen LogP contribution in [-0.2, 0) is 10.0 Å². The molecule has 0 saturated carbocycles. The number of rotatable bonds is 6. The fourth-order valence-electron chi connectivity index (χ4n) is 4.30. The molecule has 0 unspecified atom stereocenters. The third kappa shape index (κ3) is 4.41. The fraction of sp³-hybridized carbons (Fsp3) is 0.320. The van der Waals surface area contributed by atoms with Crippen molar-refractivity contribution in [2.24, 2.45) is 0 Å². The lowest BCUT2D eigenvalue weighted by molar-refractivity contribution is 0.0901. The van der Waals surface area contributed by atoms with Gasteiger partial charge in [-0.2, -0.15) is 4.31 Å². The molecule has 0 amide bonds. The Labute approximate surface area is 190 Å². The Morgan fingerprint density at radius 2 is 1.50 bits per heavy atom. The van der Waals surface area contributed by atoms with Gasteiger partial charge in [-0.05, 0) is 51.1 Å². The second kappa shape index (κ2) is 9.02. The molecule has 1 saturated heterocycles. The molecule has 0 N–H and O–H groups in total. The maximum atomic E-state index is 13.1. The first-order chi connectivity index (χ1) is 15.3. The number of nitrogens with zero attached hydrogens (tertiary/aromatic N) is 3. The van der Waals surface area contributed by atoms with Gasteiger partial charge in [-0.25, -0.2) is 8.42 Å². The third-order valence-corrected chi connectivity index (χ3v) is 8.02. The van der Waals surface area contributed by atoms with Gasteiger partial charge in [0.05, 0.1) is 11.4 Å². The van der Waals surface area contributed by atoms with Gasteiger partial charge < -0.3 is 4.57 Å². The molecule has 6 nitrogen and oxygen atoms in total. The molecule has 2 heterocycles. The Morgan fingerprint density at radius 3 is 2.12 bits per heavy atom. The van der Waals surface area contributed by atoms with Gasteiger partial charge in [0, 0.05) is 48.8 Å². The summed E-state index contributed by atoms with van der Waals surface area (Å²) in [6.07, 6.45) is 0. The Bertz CT molecular complexity index is 1210. The molecule has 7 heteroatoms. The van der Waals surface area contributed by atoms with Gasteiger partial charge in [0.2, 0.25) is 10.0 Å². The molecule has 0 radical (unpaired) electrons. The Kier molecular flexibility index (Phi) is 6.33. The Balaban J connectivity index is 1.42. The van der Waals surface area contributed by atoms with Crippen LogP contribution < -0.4 is 0 Å². The van der Waals surface area contributed by atoms with Crippen LogP contribution in [0.15, 0.2) is 65.6 Å². The number of hydrogen-bond donors (Lipinski definition) is 0. The highest BCUT2D eigenvalue weighted by atomic mass is 32.2. The topological polar surface area (TPSA) is 62.6 Å². The average Bonchev–Trinajstić information content (AvgIpc) is 3.09. The molecule has 4 rings (SSSR count). The van der Waals surface area contributed by atoms with Crippen molar-refractivity contribution in [1.82, 2.24) is 13.8 Å². The van der Waals surface area contributed by atoms with E-state index in [1.54, 1.807) is 12.1 Å². The van der Waals surface area contributed by atoms with Crippen molar-refractivity contribution in [3.8, 4) is 5.69 Å². The molecule has 2 aromatic carbocycles. The van der Waals surface area contributed by atoms with Crippen LogP contribution in [-0.4, -0.2) is 60.7 Å². The van der Waals surface area contributed by atoms with Gasteiger partial charge in [-0.1, -0.05) is 35.9 Å². The van der Waals surface area contributed by atoms with E-state index in [0.29, 0.717) is 31.1 Å². The number of piperazine rings is 1. The van der Waals surface area contributed by atoms with Crippen LogP contribution in [0.4, 0.5) is 0 Å². The van der Waals surface area contributed by atoms with Gasteiger partial charge in [0.15, 0.2) is 5.78 Å². The maximum Gasteiger partial charge on any atom is 0.243 e. The number of carbonyl (C=O) groups excluding carboxylic acids is 1. The van der Waals surface area contributed by atoms with Crippen molar-refractivity contribution in [2.45, 2.75) is 25.7 Å². The van der Waals surface area contributed by atoms with Crippen LogP contribution in [0, 0.1) is 20.8 Å². The van der Waals surface area contributed by atoms with Crippen molar-refractivity contribution in [1.29, 1.82) is 0 Å². The van der Waals surface area contributed by atoms with Gasteiger partial charge in [-0.15, -0.1) is 0 Å². The summed E-state index contributed by atoms with van der Waals surface area (Å²) in [6, 6.07) is 18.9. The van der Waals surface area contributed by atoms with Crippen LogP contribution in [0.25, 0.3) is 5.69 Å². The fourth-order valence-corrected chi connectivity index (χ4v) is 5.72. The number of ketones is 1. The molecule has 1 aliphatic rings. The summed E-state index contributed by atoms with van der Waals surface area (Å²) < 4.78 is 29.4. The third-order valence-electron chi connectivity index (χ3n) is 6.10. The number of hydrogen-bond acceptors (Lipinski definition) is 4. The van der Waals surface area contributed by atoms with Crippen molar-refractivity contribution in [3.63, 3.8) is 0 Å². The number of Topliss-reactive ketones (excluding diaryl/α,β-unsaturated/α-hetero) is 1. The van der Waals surface area contributed by atoms with E-state index in [1.807, 2.05) is 74.2 Å². The van der Waals surface area contributed by atoms with Crippen LogP contribution in [0.3, 0.4) is 0 Å². The molecule has 1 aromatic heterocycles. The van der Waals surface area contributed by atoms with E-state index < -0.39 is 10.0 Å². The van der Waals surface area contributed by atoms with E-state index in [9.17, 15) is 13.2 Å². The highest BCUT2D eigenvalue weighted by molar-refractivity contribution is 7.89. The first-order valence-electron chi connectivity index (χ1n) is 10.8. The summed E-state index contributed by atoms with van der Waals surface area (Å²) >= 11 is 0. The minimum atomic E-state index is -3.50. The van der Waals surface area contributed by atoms with Gasteiger partial charge in [0.25, 0.3) is 0 Å². The number of para-hydroxylation sites is 1. The first-order valence-corrected chi connectivity index (χ1v) is 12.3. The monoisotopic (exact) mass is 451 g/mol. The van der Waals surface area contributed by atoms with Gasteiger partial charge in [-0.3, -0.25) is 9.69 Å². The first kappa shape index (κ1) is 22.5. The lowest BCUT2D eigenvalue weighted by Gasteiger charge is -2.33. The summed E-state index contributed by atoms with van der Waals surface area (Å²) in [7, 11) is -3.50. The summed E-state index contributed by atoms with van der Waals surface area (Å²) in [4.78, 5) is 15.4. The largest absolute Gasteiger partial charge is 0.318 e. The number of aromatic nitrogens is 1. The molecule has 1 fully saturated rings. The normalized spacial score (nSPS) is 15.7. The predicted octanol–water partition coefficient (Wildman–Crippen LogP) is 3.59. The standard InChI is InChI=1S/C25H29N3O3S/c1-19-9-11-23(12-10-19)32(30,31)27-15-13-26(14-16-27)18-25(29)24-17-20(2)28(21(24)3)22-7-5-4-6-8-22/h4-12,17H,13-16,18H2,1-3H3. The average molecular weight is 452 g/mol. The molecule has 3 aromatic rings. The second-order valence-corrected chi connectivity index (χ2v) is 10.3. The van der Waals surface area contributed by atoms with Crippen molar-refractivity contribution < 1.29 is 13.2 Å². The van der Waals surface area contributed by atoms with Crippen LogP contribution >= 0.6 is 0 Å². The number of aryl methyl sites for hydroxylation is 2. The number of carbonyl (C=O) groups is 1. The molecule has 0 atom stereocenters. The second-order valence-electron chi connectivity index (χ2n) is 8.37. The predicted molar refractivity (Wildman–Crippen MR) is 126 cm³/mol. The summed E-state index contributed by atoms with van der Waals surface area (Å²) in [5, 5.41) is 0. The minimum absolute atomic E-state index is 0.0649. The van der Waals surface area contributed by atoms with E-state index in [-0.39, 0.29) is 12.3 Å². The zero-order valence-corrected chi connectivity index (χ0v) is 19.6. The van der Waals surface area contributed by atoms with Crippen molar-refractivity contribution >= 4 is 15.8 Å². The summed E-state index contributed by atoms with van der Waals surface area (Å²) in [5.41, 5.74) is 4.74. The smallest absolute Gasteiger partial charge is 0.243 e. The lowest BCUT2D eigenvalue weighted by atomic mass is 10.1. The molecular formula is C25H29N3O3S. The van der Waals surface area contributed by atoms with E-state index in [1.165, 1.54) is 4.31 Å². The molecular weight excluding hydrogens is 422 g/mol. The van der Waals surface area contributed by atoms with E-state index in [0.717, 1.165) is 28.2 Å². The zero-order valence-electron chi connectivity index (χ0n) is 18.8. The summed E-state index contributed by atoms with van der Waals surface area (Å²) in [6.45, 7) is 8.04. The minimum Gasteiger partial charge on any atom is -0.318 e. The Hall–Kier alpha value is -2.74. The zero-order chi connectivity index (χ0) is 22.9. The van der Waals surface area contributed by atoms with E-state index >= 15 is 0 Å². The van der Waals surface area contributed by atoms with Crippen molar-refractivity contribution in [2.75, 3.05) is 32.7 Å². The Morgan fingerprint density at radius 1 is 0.875 bits per heavy atom. The highest BCUT2D eigenvalue weighted by Gasteiger charge is 2.29. The van der Waals surface area contributed by atoms with Gasteiger partial charge >= 0.3 is 0 Å². The summed E-state index contributed by atoms with van der Waals surface area (Å²) in [5.74, 6) is 0.0649. The molecule has 32 heavy (non-hydrogen) atoms. The van der Waals surface area contributed by atoms with Crippen molar-refractivity contribution in [3.05, 3.63) is 83.2 Å². The van der Waals surface area contributed by atoms with Crippen LogP contribution in [0.1, 0.15) is 27.3 Å². The molecule has 0 aliphatic carbocycles. The number of sulfonamides is 1. The van der Waals surface area contributed by atoms with Gasteiger partial charge in [0.1, 0.15) is 0 Å². The SMILES string of the molecule is Cc1ccc(S(=O)(=O)N2CCN(CC(=O)c3cc(C)n(-c4ccccc4)c3C)CC2)cc1. The quantitative estimate of drug-likeness (QED) is 0.538. The molecule has 0 spiro atoms. The molecule has 0 bridgehead atoms. The van der Waals surface area contributed by atoms with Crippen LogP contribution in [0.2, 0.25) is 0 Å².